The van der Waals surface area contributed by atoms with E-state index in [-0.39, 0.29) is 21.9 Å². The van der Waals surface area contributed by atoms with E-state index in [4.69, 9.17) is 28.5 Å². The highest BCUT2D eigenvalue weighted by atomic mass is 35.5. The summed E-state index contributed by atoms with van der Waals surface area (Å²) in [7, 11) is 0. The van der Waals surface area contributed by atoms with Crippen LogP contribution in [0.3, 0.4) is 0 Å². The molecule has 3 aromatic carbocycles. The zero-order chi connectivity index (χ0) is 28.1. The van der Waals surface area contributed by atoms with Gasteiger partial charge in [-0.05, 0) is 65.4 Å². The van der Waals surface area contributed by atoms with Crippen LogP contribution in [0.2, 0.25) is 10.0 Å². The molecule has 2 aliphatic heterocycles. The fourth-order valence-corrected chi connectivity index (χ4v) is 6.35. The molecule has 9 heteroatoms. The van der Waals surface area contributed by atoms with E-state index in [9.17, 15) is 9.59 Å². The molecule has 3 aromatic rings. The molecule has 2 unspecified atom stereocenters. The SMILES string of the molecule is CC(C)(C)CC1N[C@@H](C(=O)Nc2ccc(C#N)cc2)[C@@H](c2cccc(Cl)c2F)C12C(=O)Nc1cc(Cl)ccc12. The first-order chi connectivity index (χ1) is 18.5. The summed E-state index contributed by atoms with van der Waals surface area (Å²) in [6.07, 6.45) is 0.516. The fraction of sp³-hybridized carbons (Fsp3) is 0.300. The molecule has 1 spiro atoms. The van der Waals surface area contributed by atoms with Gasteiger partial charge in [0.05, 0.1) is 22.7 Å². The Bertz CT molecular complexity index is 1510. The maximum absolute atomic E-state index is 15.8. The summed E-state index contributed by atoms with van der Waals surface area (Å²) in [6, 6.07) is 16.8. The van der Waals surface area contributed by atoms with Gasteiger partial charge < -0.3 is 16.0 Å². The number of amides is 2. The molecule has 200 valence electrons. The van der Waals surface area contributed by atoms with Gasteiger partial charge in [-0.15, -0.1) is 0 Å². The molecule has 0 saturated carbocycles. The molecule has 0 bridgehead atoms. The van der Waals surface area contributed by atoms with Crippen molar-refractivity contribution >= 4 is 46.4 Å². The third kappa shape index (κ3) is 4.67. The smallest absolute Gasteiger partial charge is 0.242 e. The minimum absolute atomic E-state index is 0.0945. The van der Waals surface area contributed by atoms with Crippen molar-refractivity contribution in [2.24, 2.45) is 5.41 Å². The van der Waals surface area contributed by atoms with E-state index in [0.29, 0.717) is 33.9 Å². The maximum Gasteiger partial charge on any atom is 0.242 e. The molecular weight excluding hydrogens is 538 g/mol. The molecule has 39 heavy (non-hydrogen) atoms. The first kappa shape index (κ1) is 27.1. The van der Waals surface area contributed by atoms with Crippen LogP contribution in [0.5, 0.6) is 0 Å². The van der Waals surface area contributed by atoms with E-state index in [1.807, 2.05) is 6.07 Å². The maximum atomic E-state index is 15.8. The first-order valence-electron chi connectivity index (χ1n) is 12.6. The average molecular weight is 565 g/mol. The Morgan fingerprint density at radius 1 is 1.13 bits per heavy atom. The Balaban J connectivity index is 1.71. The number of rotatable bonds is 4. The number of carbonyl (C=O) groups excluding carboxylic acids is 2. The fourth-order valence-electron chi connectivity index (χ4n) is 6.00. The number of benzene rings is 3. The van der Waals surface area contributed by atoms with Gasteiger partial charge in [0.15, 0.2) is 0 Å². The van der Waals surface area contributed by atoms with Crippen molar-refractivity contribution in [1.82, 2.24) is 5.32 Å². The van der Waals surface area contributed by atoms with Crippen LogP contribution in [-0.4, -0.2) is 23.9 Å². The summed E-state index contributed by atoms with van der Waals surface area (Å²) in [4.78, 5) is 28.1. The Morgan fingerprint density at radius 3 is 2.51 bits per heavy atom. The molecule has 0 radical (unpaired) electrons. The molecule has 3 N–H and O–H groups in total. The second-order valence-electron chi connectivity index (χ2n) is 11.3. The second kappa shape index (κ2) is 9.95. The van der Waals surface area contributed by atoms with Gasteiger partial charge in [0.25, 0.3) is 0 Å². The summed E-state index contributed by atoms with van der Waals surface area (Å²) in [5.74, 6) is -2.38. The van der Waals surface area contributed by atoms with Crippen LogP contribution in [0, 0.1) is 22.6 Å². The molecule has 2 amide bonds. The molecule has 0 aromatic heterocycles. The number of nitrogens with one attached hydrogen (secondary N) is 3. The molecule has 2 aliphatic rings. The highest BCUT2D eigenvalue weighted by molar-refractivity contribution is 6.31. The molecule has 1 fully saturated rings. The number of fused-ring (bicyclic) bond motifs is 2. The number of carbonyl (C=O) groups is 2. The largest absolute Gasteiger partial charge is 0.325 e. The topological polar surface area (TPSA) is 94.0 Å². The van der Waals surface area contributed by atoms with Gasteiger partial charge in [0.1, 0.15) is 11.2 Å². The van der Waals surface area contributed by atoms with Crippen LogP contribution in [0.15, 0.2) is 60.7 Å². The quantitative estimate of drug-likeness (QED) is 0.342. The Kier molecular flexibility index (Phi) is 6.92. The van der Waals surface area contributed by atoms with Crippen molar-refractivity contribution < 1.29 is 14.0 Å². The third-order valence-corrected chi connectivity index (χ3v) is 8.03. The minimum atomic E-state index is -1.33. The van der Waals surface area contributed by atoms with Crippen molar-refractivity contribution in [1.29, 1.82) is 5.26 Å². The number of nitriles is 1. The van der Waals surface area contributed by atoms with Gasteiger partial charge in [-0.1, -0.05) is 62.2 Å². The summed E-state index contributed by atoms with van der Waals surface area (Å²) in [5, 5.41) is 18.8. The first-order valence-corrected chi connectivity index (χ1v) is 13.3. The number of halogens is 3. The summed E-state index contributed by atoms with van der Waals surface area (Å²) >= 11 is 12.5. The molecule has 6 nitrogen and oxygen atoms in total. The van der Waals surface area contributed by atoms with Gasteiger partial charge in [0.2, 0.25) is 11.8 Å². The summed E-state index contributed by atoms with van der Waals surface area (Å²) in [6.45, 7) is 6.16. The lowest BCUT2D eigenvalue weighted by atomic mass is 9.62. The summed E-state index contributed by atoms with van der Waals surface area (Å²) < 4.78 is 15.8. The number of hydrogen-bond donors (Lipinski definition) is 3. The number of anilines is 2. The van der Waals surface area contributed by atoms with Gasteiger partial charge >= 0.3 is 0 Å². The zero-order valence-corrected chi connectivity index (χ0v) is 23.1. The van der Waals surface area contributed by atoms with Gasteiger partial charge in [0, 0.05) is 28.4 Å². The van der Waals surface area contributed by atoms with Crippen LogP contribution in [0.25, 0.3) is 0 Å². The van der Waals surface area contributed by atoms with E-state index in [2.05, 4.69) is 36.7 Å². The van der Waals surface area contributed by atoms with Gasteiger partial charge in [-0.25, -0.2) is 4.39 Å². The number of hydrogen-bond acceptors (Lipinski definition) is 4. The van der Waals surface area contributed by atoms with E-state index in [1.54, 1.807) is 54.6 Å². The van der Waals surface area contributed by atoms with Crippen molar-refractivity contribution in [3.8, 4) is 6.07 Å². The normalized spacial score (nSPS) is 23.8. The van der Waals surface area contributed by atoms with Crippen molar-refractivity contribution in [2.45, 2.75) is 50.6 Å². The Hall–Kier alpha value is -3.44. The molecule has 5 rings (SSSR count). The van der Waals surface area contributed by atoms with Crippen molar-refractivity contribution in [3.05, 3.63) is 93.2 Å². The van der Waals surface area contributed by atoms with Crippen molar-refractivity contribution in [3.63, 3.8) is 0 Å². The molecular formula is C30H27Cl2FN4O2. The average Bonchev–Trinajstić information content (AvgIpc) is 3.35. The predicted molar refractivity (Wildman–Crippen MR) is 150 cm³/mol. The van der Waals surface area contributed by atoms with E-state index in [1.165, 1.54) is 6.07 Å². The standard InChI is InChI=1S/C30H27Cl2FN4O2/c1-29(2,3)14-23-30(20-12-9-17(31)13-22(20)36-28(30)39)24(19-5-4-6-21(32)25(19)33)26(37-23)27(38)35-18-10-7-16(15-34)8-11-18/h4-13,23-24,26,37H,14H2,1-3H3,(H,35,38)(H,36,39)/t23?,24-,26-,30?/m1/s1. The molecule has 2 heterocycles. The van der Waals surface area contributed by atoms with Gasteiger partial charge in [-0.2, -0.15) is 5.26 Å². The highest BCUT2D eigenvalue weighted by Crippen LogP contribution is 2.57. The van der Waals surface area contributed by atoms with Crippen molar-refractivity contribution in [2.75, 3.05) is 10.6 Å². The van der Waals surface area contributed by atoms with Crippen LogP contribution >= 0.6 is 23.2 Å². The monoisotopic (exact) mass is 564 g/mol. The van der Waals surface area contributed by atoms with Crippen LogP contribution in [0.1, 0.15) is 49.8 Å². The van der Waals surface area contributed by atoms with E-state index < -0.39 is 35.1 Å². The predicted octanol–water partition coefficient (Wildman–Crippen LogP) is 6.39. The van der Waals surface area contributed by atoms with Crippen LogP contribution in [-0.2, 0) is 15.0 Å². The zero-order valence-electron chi connectivity index (χ0n) is 21.6. The third-order valence-electron chi connectivity index (χ3n) is 7.50. The molecule has 0 aliphatic carbocycles. The minimum Gasteiger partial charge on any atom is -0.325 e. The second-order valence-corrected chi connectivity index (χ2v) is 12.1. The lowest BCUT2D eigenvalue weighted by Gasteiger charge is -2.37. The summed E-state index contributed by atoms with van der Waals surface area (Å²) in [5.41, 5.74) is 0.715. The van der Waals surface area contributed by atoms with Crippen LogP contribution < -0.4 is 16.0 Å². The van der Waals surface area contributed by atoms with Gasteiger partial charge in [-0.3, -0.25) is 9.59 Å². The highest BCUT2D eigenvalue weighted by Gasteiger charge is 2.66. The Labute approximate surface area is 236 Å². The lowest BCUT2D eigenvalue weighted by molar-refractivity contribution is -0.122. The van der Waals surface area contributed by atoms with E-state index >= 15 is 4.39 Å². The van der Waals surface area contributed by atoms with Crippen LogP contribution in [0.4, 0.5) is 15.8 Å². The Morgan fingerprint density at radius 2 is 1.85 bits per heavy atom. The van der Waals surface area contributed by atoms with E-state index in [0.717, 1.165) is 0 Å². The lowest BCUT2D eigenvalue weighted by Crippen LogP contribution is -2.49. The molecule has 1 saturated heterocycles. The number of nitrogens with zero attached hydrogens (tertiary/aromatic N) is 1. The molecule has 4 atom stereocenters.